The average Bonchev–Trinajstić information content (AvgIpc) is 2.83. The van der Waals surface area contributed by atoms with Crippen LogP contribution in [0.3, 0.4) is 0 Å². The van der Waals surface area contributed by atoms with Gasteiger partial charge in [0.25, 0.3) is 0 Å². The summed E-state index contributed by atoms with van der Waals surface area (Å²) >= 11 is 1.98. The molecule has 1 aromatic heterocycles. The molecule has 0 saturated heterocycles. The van der Waals surface area contributed by atoms with Gasteiger partial charge in [0.05, 0.1) is 5.69 Å². The zero-order valence-corrected chi connectivity index (χ0v) is 12.3. The van der Waals surface area contributed by atoms with E-state index in [1.807, 2.05) is 22.6 Å². The van der Waals surface area contributed by atoms with E-state index in [4.69, 9.17) is 0 Å². The Labute approximate surface area is 109 Å². The topological polar surface area (TPSA) is 29.9 Å². The largest absolute Gasteiger partial charge is 0.310 e. The fourth-order valence-electron chi connectivity index (χ4n) is 2.07. The maximum atomic E-state index is 4.28. The van der Waals surface area contributed by atoms with Crippen molar-refractivity contribution < 1.29 is 0 Å². The minimum absolute atomic E-state index is 0.386. The Kier molecular flexibility index (Phi) is 6.06. The van der Waals surface area contributed by atoms with Gasteiger partial charge in [-0.1, -0.05) is 13.8 Å². The van der Waals surface area contributed by atoms with Crippen molar-refractivity contribution in [3.8, 4) is 0 Å². The molecule has 0 fully saturated rings. The van der Waals surface area contributed by atoms with E-state index in [9.17, 15) is 0 Å². The fraction of sp³-hybridized carbons (Fsp3) is 0.769. The standard InChI is InChI=1S/C13H25N3S/c1-5-13(6-2,17-4)11-14-10-12-8-9-15-16(12)7-3/h8-9,14H,5-7,10-11H2,1-4H3. The molecule has 17 heavy (non-hydrogen) atoms. The summed E-state index contributed by atoms with van der Waals surface area (Å²) < 4.78 is 2.43. The normalized spacial score (nSPS) is 12.0. The molecular weight excluding hydrogens is 230 g/mol. The lowest BCUT2D eigenvalue weighted by molar-refractivity contribution is 0.483. The monoisotopic (exact) mass is 255 g/mol. The third-order valence-corrected chi connectivity index (χ3v) is 5.17. The first-order valence-corrected chi connectivity index (χ1v) is 7.70. The molecule has 0 amide bonds. The molecule has 3 nitrogen and oxygen atoms in total. The van der Waals surface area contributed by atoms with Crippen LogP contribution < -0.4 is 5.32 Å². The van der Waals surface area contributed by atoms with E-state index in [0.717, 1.165) is 19.6 Å². The van der Waals surface area contributed by atoms with Crippen molar-refractivity contribution in [3.63, 3.8) is 0 Å². The van der Waals surface area contributed by atoms with Crippen LogP contribution in [0.2, 0.25) is 0 Å². The van der Waals surface area contributed by atoms with Gasteiger partial charge >= 0.3 is 0 Å². The van der Waals surface area contributed by atoms with E-state index in [-0.39, 0.29) is 0 Å². The van der Waals surface area contributed by atoms with Crippen LogP contribution in [0.1, 0.15) is 39.3 Å². The molecule has 0 unspecified atom stereocenters. The Hall–Kier alpha value is -0.480. The maximum Gasteiger partial charge on any atom is 0.0521 e. The Bertz CT molecular complexity index is 310. The highest BCUT2D eigenvalue weighted by atomic mass is 32.2. The number of rotatable bonds is 8. The molecule has 0 radical (unpaired) electrons. The third-order valence-electron chi connectivity index (χ3n) is 3.58. The van der Waals surface area contributed by atoms with E-state index in [2.05, 4.69) is 43.5 Å². The van der Waals surface area contributed by atoms with Gasteiger partial charge < -0.3 is 5.32 Å². The van der Waals surface area contributed by atoms with Crippen molar-refractivity contribution in [3.05, 3.63) is 18.0 Å². The summed E-state index contributed by atoms with van der Waals surface area (Å²) in [6.07, 6.45) is 6.52. The highest BCUT2D eigenvalue weighted by molar-refractivity contribution is 8.00. The van der Waals surface area contributed by atoms with Crippen molar-refractivity contribution in [2.45, 2.75) is 51.4 Å². The summed E-state index contributed by atoms with van der Waals surface area (Å²) in [6.45, 7) is 9.60. The molecule has 1 rings (SSSR count). The van der Waals surface area contributed by atoms with Gasteiger partial charge in [0.2, 0.25) is 0 Å². The SMILES string of the molecule is CCn1nccc1CNCC(CC)(CC)SC. The smallest absolute Gasteiger partial charge is 0.0521 e. The molecule has 98 valence electrons. The number of nitrogens with one attached hydrogen (secondary N) is 1. The fourth-order valence-corrected chi connectivity index (χ4v) is 2.90. The predicted octanol–water partition coefficient (Wildman–Crippen LogP) is 2.91. The Morgan fingerprint density at radius 3 is 2.59 bits per heavy atom. The highest BCUT2D eigenvalue weighted by Gasteiger charge is 2.24. The summed E-state index contributed by atoms with van der Waals surface area (Å²) in [5.74, 6) is 0. The van der Waals surface area contributed by atoms with Gasteiger partial charge in [-0.15, -0.1) is 0 Å². The molecule has 4 heteroatoms. The van der Waals surface area contributed by atoms with Crippen LogP contribution in [-0.2, 0) is 13.1 Å². The van der Waals surface area contributed by atoms with Gasteiger partial charge in [-0.05, 0) is 32.1 Å². The number of thioether (sulfide) groups is 1. The molecule has 0 spiro atoms. The Morgan fingerprint density at radius 1 is 1.35 bits per heavy atom. The number of hydrogen-bond donors (Lipinski definition) is 1. The van der Waals surface area contributed by atoms with E-state index < -0.39 is 0 Å². The van der Waals surface area contributed by atoms with Crippen molar-refractivity contribution in [2.75, 3.05) is 12.8 Å². The molecular formula is C13H25N3S. The number of aromatic nitrogens is 2. The van der Waals surface area contributed by atoms with Gasteiger partial charge in [0.15, 0.2) is 0 Å². The lowest BCUT2D eigenvalue weighted by atomic mass is 10.0. The second kappa shape index (κ2) is 7.07. The molecule has 0 bridgehead atoms. The minimum atomic E-state index is 0.386. The minimum Gasteiger partial charge on any atom is -0.310 e. The van der Waals surface area contributed by atoms with Gasteiger partial charge in [-0.25, -0.2) is 0 Å². The highest BCUT2D eigenvalue weighted by Crippen LogP contribution is 2.29. The van der Waals surface area contributed by atoms with Gasteiger partial charge in [0.1, 0.15) is 0 Å². The van der Waals surface area contributed by atoms with E-state index in [1.54, 1.807) is 0 Å². The molecule has 1 N–H and O–H groups in total. The van der Waals surface area contributed by atoms with Crippen LogP contribution in [0.25, 0.3) is 0 Å². The van der Waals surface area contributed by atoms with Crippen LogP contribution in [0.4, 0.5) is 0 Å². The van der Waals surface area contributed by atoms with Crippen LogP contribution in [-0.4, -0.2) is 27.3 Å². The number of hydrogen-bond acceptors (Lipinski definition) is 3. The molecule has 1 aromatic rings. The first kappa shape index (κ1) is 14.6. The molecule has 1 heterocycles. The average molecular weight is 255 g/mol. The molecule has 0 aliphatic heterocycles. The Balaban J connectivity index is 2.46. The van der Waals surface area contributed by atoms with Crippen molar-refractivity contribution in [1.82, 2.24) is 15.1 Å². The summed E-state index contributed by atoms with van der Waals surface area (Å²) in [5.41, 5.74) is 1.27. The lowest BCUT2D eigenvalue weighted by Crippen LogP contribution is -2.36. The van der Waals surface area contributed by atoms with Gasteiger partial charge in [-0.3, -0.25) is 4.68 Å². The van der Waals surface area contributed by atoms with Crippen LogP contribution in [0, 0.1) is 0 Å². The summed E-state index contributed by atoms with van der Waals surface area (Å²) in [5, 5.41) is 7.86. The Morgan fingerprint density at radius 2 is 2.06 bits per heavy atom. The second-order valence-electron chi connectivity index (χ2n) is 4.34. The van der Waals surface area contributed by atoms with Gasteiger partial charge in [-0.2, -0.15) is 16.9 Å². The van der Waals surface area contributed by atoms with Crippen LogP contribution in [0.5, 0.6) is 0 Å². The van der Waals surface area contributed by atoms with Gasteiger partial charge in [0, 0.05) is 30.6 Å². The first-order valence-electron chi connectivity index (χ1n) is 6.48. The van der Waals surface area contributed by atoms with Crippen LogP contribution >= 0.6 is 11.8 Å². The zero-order valence-electron chi connectivity index (χ0n) is 11.5. The van der Waals surface area contributed by atoms with E-state index in [0.29, 0.717) is 4.75 Å². The molecule has 0 aliphatic carbocycles. The molecule has 0 aromatic carbocycles. The summed E-state index contributed by atoms with van der Waals surface area (Å²) in [4.78, 5) is 0. The van der Waals surface area contributed by atoms with Crippen molar-refractivity contribution >= 4 is 11.8 Å². The van der Waals surface area contributed by atoms with Crippen molar-refractivity contribution in [1.29, 1.82) is 0 Å². The maximum absolute atomic E-state index is 4.28. The quantitative estimate of drug-likeness (QED) is 0.774. The number of nitrogens with zero attached hydrogens (tertiary/aromatic N) is 2. The predicted molar refractivity (Wildman–Crippen MR) is 76.4 cm³/mol. The number of aryl methyl sites for hydroxylation is 1. The van der Waals surface area contributed by atoms with E-state index in [1.165, 1.54) is 18.5 Å². The summed E-state index contributed by atoms with van der Waals surface area (Å²) in [6, 6.07) is 2.09. The molecule has 0 atom stereocenters. The molecule has 0 saturated carbocycles. The third kappa shape index (κ3) is 3.75. The zero-order chi connectivity index (χ0) is 12.7. The molecule has 0 aliphatic rings. The van der Waals surface area contributed by atoms with Crippen LogP contribution in [0.15, 0.2) is 12.3 Å². The first-order chi connectivity index (χ1) is 8.21. The second-order valence-corrected chi connectivity index (χ2v) is 5.61. The lowest BCUT2D eigenvalue weighted by Gasteiger charge is -2.30. The van der Waals surface area contributed by atoms with Crippen molar-refractivity contribution in [2.24, 2.45) is 0 Å². The van der Waals surface area contributed by atoms with E-state index >= 15 is 0 Å². The summed E-state index contributed by atoms with van der Waals surface area (Å²) in [7, 11) is 0.